The smallest absolute Gasteiger partial charge is 0.407 e. The van der Waals surface area contributed by atoms with Crippen LogP contribution in [0, 0.1) is 11.3 Å². The van der Waals surface area contributed by atoms with Crippen molar-refractivity contribution in [3.63, 3.8) is 0 Å². The highest BCUT2D eigenvalue weighted by Crippen LogP contribution is 2.26. The van der Waals surface area contributed by atoms with Gasteiger partial charge in [0.05, 0.1) is 47.0 Å². The highest BCUT2D eigenvalue weighted by atomic mass is 19.3. The average molecular weight is 500 g/mol. The van der Waals surface area contributed by atoms with Crippen LogP contribution < -0.4 is 16.0 Å². The summed E-state index contributed by atoms with van der Waals surface area (Å²) in [7, 11) is 1.08. The van der Waals surface area contributed by atoms with E-state index in [1.54, 1.807) is 16.6 Å². The topological polar surface area (TPSA) is 133 Å². The maximum atomic E-state index is 13.5. The first-order valence-corrected chi connectivity index (χ1v) is 11.1. The van der Waals surface area contributed by atoms with Gasteiger partial charge in [0, 0.05) is 18.8 Å². The first kappa shape index (κ1) is 26.3. The van der Waals surface area contributed by atoms with E-state index < -0.39 is 24.0 Å². The lowest BCUT2D eigenvalue weighted by Gasteiger charge is -2.29. The molecule has 0 radical (unpaired) electrons. The molecule has 1 unspecified atom stereocenters. The summed E-state index contributed by atoms with van der Waals surface area (Å²) in [6.07, 6.45) is -1.23. The van der Waals surface area contributed by atoms with Crippen molar-refractivity contribution in [1.82, 2.24) is 25.2 Å². The Balaban J connectivity index is 1.83. The van der Waals surface area contributed by atoms with Gasteiger partial charge in [-0.3, -0.25) is 9.78 Å². The van der Waals surface area contributed by atoms with E-state index in [4.69, 9.17) is 5.26 Å². The molecule has 0 fully saturated rings. The van der Waals surface area contributed by atoms with Crippen LogP contribution in [0.1, 0.15) is 43.1 Å². The molecular weight excluding hydrogens is 472 g/mol. The zero-order valence-electron chi connectivity index (χ0n) is 20.3. The van der Waals surface area contributed by atoms with Gasteiger partial charge in [-0.2, -0.15) is 10.4 Å². The lowest BCUT2D eigenvalue weighted by Crippen LogP contribution is -2.53. The molecular formula is C24H27F2N7O3. The van der Waals surface area contributed by atoms with E-state index in [0.717, 1.165) is 7.11 Å². The monoisotopic (exact) mass is 499 g/mol. The fourth-order valence-electron chi connectivity index (χ4n) is 3.50. The van der Waals surface area contributed by atoms with Crippen molar-refractivity contribution in [1.29, 1.82) is 5.26 Å². The number of anilines is 1. The number of nitriles is 1. The Bertz CT molecular complexity index is 1300. The normalized spacial score (nSPS) is 12.8. The van der Waals surface area contributed by atoms with Crippen molar-refractivity contribution in [2.45, 2.75) is 45.2 Å². The molecule has 0 saturated heterocycles. The van der Waals surface area contributed by atoms with Crippen LogP contribution in [0.3, 0.4) is 0 Å². The molecule has 3 heterocycles. The summed E-state index contributed by atoms with van der Waals surface area (Å²) in [5.74, 6) is -0.510. The van der Waals surface area contributed by atoms with E-state index >= 15 is 0 Å². The van der Waals surface area contributed by atoms with Crippen molar-refractivity contribution in [2.75, 3.05) is 19.0 Å². The fraction of sp³-hybridized carbons (Fsp3) is 0.375. The number of carbonyl (C=O) groups is 2. The predicted molar refractivity (Wildman–Crippen MR) is 129 cm³/mol. The molecule has 3 rings (SSSR count). The summed E-state index contributed by atoms with van der Waals surface area (Å²) >= 11 is 0. The molecule has 2 amide bonds. The molecule has 1 atom stereocenters. The fourth-order valence-corrected chi connectivity index (χ4v) is 3.50. The number of amides is 2. The summed E-state index contributed by atoms with van der Waals surface area (Å²) in [4.78, 5) is 28.8. The van der Waals surface area contributed by atoms with E-state index in [1.165, 1.54) is 19.3 Å². The Morgan fingerprint density at radius 1 is 1.25 bits per heavy atom. The number of ether oxygens (including phenoxy) is 1. The second kappa shape index (κ2) is 11.0. The van der Waals surface area contributed by atoms with Gasteiger partial charge in [-0.25, -0.2) is 18.1 Å². The number of hydrogen-bond donors (Lipinski definition) is 3. The van der Waals surface area contributed by atoms with Crippen molar-refractivity contribution >= 4 is 23.2 Å². The maximum Gasteiger partial charge on any atom is 0.407 e. The van der Waals surface area contributed by atoms with E-state index in [9.17, 15) is 18.4 Å². The number of aromatic nitrogens is 3. The number of alkyl halides is 2. The van der Waals surface area contributed by atoms with Crippen LogP contribution >= 0.6 is 0 Å². The van der Waals surface area contributed by atoms with Crippen LogP contribution in [-0.4, -0.2) is 58.3 Å². The Hall–Kier alpha value is -4.27. The summed E-state index contributed by atoms with van der Waals surface area (Å²) in [6, 6.07) is 9.06. The Morgan fingerprint density at radius 2 is 2.00 bits per heavy atom. The van der Waals surface area contributed by atoms with Crippen molar-refractivity contribution in [3.8, 4) is 17.5 Å². The molecule has 0 aromatic carbocycles. The molecule has 3 aromatic rings. The van der Waals surface area contributed by atoms with Gasteiger partial charge in [0.1, 0.15) is 11.6 Å². The molecule has 0 bridgehead atoms. The second-order valence-corrected chi connectivity index (χ2v) is 8.67. The number of alkyl carbamates (subject to hydrolysis) is 1. The number of halogens is 2. The molecule has 3 N–H and O–H groups in total. The molecule has 12 heteroatoms. The molecule has 36 heavy (non-hydrogen) atoms. The van der Waals surface area contributed by atoms with Crippen LogP contribution in [0.2, 0.25) is 0 Å². The third-order valence-electron chi connectivity index (χ3n) is 5.47. The minimum Gasteiger partial charge on any atom is -0.453 e. The number of hydrogen-bond acceptors (Lipinski definition) is 7. The van der Waals surface area contributed by atoms with E-state index in [-0.39, 0.29) is 24.6 Å². The van der Waals surface area contributed by atoms with Crippen LogP contribution in [-0.2, 0) is 4.74 Å². The number of rotatable bonds is 9. The van der Waals surface area contributed by atoms with Crippen molar-refractivity contribution in [2.24, 2.45) is 0 Å². The second-order valence-electron chi connectivity index (χ2n) is 8.67. The molecule has 10 nitrogen and oxygen atoms in total. The third-order valence-corrected chi connectivity index (χ3v) is 5.47. The zero-order valence-corrected chi connectivity index (χ0v) is 20.3. The number of pyridine rings is 1. The minimum absolute atomic E-state index is 0.0152. The number of fused-ring (bicyclic) bond motifs is 1. The van der Waals surface area contributed by atoms with Crippen LogP contribution in [0.25, 0.3) is 16.9 Å². The molecule has 190 valence electrons. The summed E-state index contributed by atoms with van der Waals surface area (Å²) in [5, 5.41) is 21.3. The van der Waals surface area contributed by atoms with E-state index in [0.29, 0.717) is 28.2 Å². The van der Waals surface area contributed by atoms with Gasteiger partial charge in [0.2, 0.25) is 0 Å². The molecule has 0 aliphatic rings. The minimum atomic E-state index is -2.87. The lowest BCUT2D eigenvalue weighted by molar-refractivity contribution is 0.0335. The van der Waals surface area contributed by atoms with E-state index in [2.05, 4.69) is 30.8 Å². The SMILES string of the molecule is COC(=O)NC(C)(CCNC(=O)c1cnc(-c2ccc3cc(C#N)cnn23)cc1NC(C)C)C(F)F. The highest BCUT2D eigenvalue weighted by molar-refractivity contribution is 6.00. The number of methoxy groups -OCH3 is 1. The molecule has 3 aromatic heterocycles. The third kappa shape index (κ3) is 5.86. The Labute approximate surface area is 206 Å². The van der Waals surface area contributed by atoms with Crippen molar-refractivity contribution < 1.29 is 23.1 Å². The standard InChI is InChI=1S/C24H27F2N7O3/c1-14(2)31-18-10-19(20-6-5-16-9-15(11-27)12-30-33(16)20)29-13-17(18)21(34)28-8-7-24(3,22(25)26)32-23(35)36-4/h5-6,9-10,12-14,22H,7-8H2,1-4H3,(H,28,34)(H,29,31)(H,32,35). The van der Waals surface area contributed by atoms with Crippen molar-refractivity contribution in [3.05, 3.63) is 47.8 Å². The van der Waals surface area contributed by atoms with E-state index in [1.807, 2.05) is 32.0 Å². The largest absolute Gasteiger partial charge is 0.453 e. The summed E-state index contributed by atoms with van der Waals surface area (Å²) in [6.45, 7) is 4.87. The molecule has 0 spiro atoms. The first-order chi connectivity index (χ1) is 17.1. The van der Waals surface area contributed by atoms with Gasteiger partial charge in [0.25, 0.3) is 12.3 Å². The van der Waals surface area contributed by atoms with Crippen LogP contribution in [0.5, 0.6) is 0 Å². The first-order valence-electron chi connectivity index (χ1n) is 11.1. The molecule has 0 saturated carbocycles. The number of nitrogens with zero attached hydrogens (tertiary/aromatic N) is 4. The maximum absolute atomic E-state index is 13.5. The van der Waals surface area contributed by atoms with Crippen LogP contribution in [0.15, 0.2) is 36.7 Å². The zero-order chi connectivity index (χ0) is 26.5. The molecule has 0 aliphatic carbocycles. The van der Waals surface area contributed by atoms with Gasteiger partial charge in [-0.05, 0) is 51.5 Å². The predicted octanol–water partition coefficient (Wildman–Crippen LogP) is 3.59. The number of carbonyl (C=O) groups excluding carboxylic acids is 2. The van der Waals surface area contributed by atoms with Gasteiger partial charge in [-0.15, -0.1) is 0 Å². The van der Waals surface area contributed by atoms with Gasteiger partial charge >= 0.3 is 6.09 Å². The van der Waals surface area contributed by atoms with Gasteiger partial charge < -0.3 is 20.7 Å². The summed E-state index contributed by atoms with van der Waals surface area (Å²) in [5.41, 5.74) is 1.20. The van der Waals surface area contributed by atoms with Gasteiger partial charge in [0.15, 0.2) is 0 Å². The molecule has 0 aliphatic heterocycles. The quantitative estimate of drug-likeness (QED) is 0.410. The van der Waals surface area contributed by atoms with Gasteiger partial charge in [-0.1, -0.05) is 0 Å². The average Bonchev–Trinajstić information content (AvgIpc) is 3.26. The highest BCUT2D eigenvalue weighted by Gasteiger charge is 2.36. The number of nitrogens with one attached hydrogen (secondary N) is 3. The summed E-state index contributed by atoms with van der Waals surface area (Å²) < 4.78 is 33.1. The Morgan fingerprint density at radius 3 is 2.64 bits per heavy atom. The Kier molecular flexibility index (Phi) is 8.03. The van der Waals surface area contributed by atoms with Crippen LogP contribution in [0.4, 0.5) is 19.3 Å². The lowest BCUT2D eigenvalue weighted by atomic mass is 9.98.